The van der Waals surface area contributed by atoms with E-state index in [9.17, 15) is 4.79 Å². The lowest BCUT2D eigenvalue weighted by Gasteiger charge is -2.22. The van der Waals surface area contributed by atoms with Crippen LogP contribution in [0.2, 0.25) is 0 Å². The van der Waals surface area contributed by atoms with Crippen molar-refractivity contribution in [2.45, 2.75) is 25.2 Å². The molecular formula is C18H15N5O3S. The molecular weight excluding hydrogens is 366 g/mol. The van der Waals surface area contributed by atoms with Gasteiger partial charge in [-0.3, -0.25) is 0 Å². The quantitative estimate of drug-likeness (QED) is 0.653. The van der Waals surface area contributed by atoms with E-state index in [2.05, 4.69) is 42.8 Å². The molecule has 0 amide bonds. The lowest BCUT2D eigenvalue weighted by atomic mass is 9.83. The van der Waals surface area contributed by atoms with Crippen molar-refractivity contribution in [3.05, 3.63) is 39.8 Å². The number of carboxylic acid groups (broad SMARTS) is 1. The smallest absolute Gasteiger partial charge is 0.341 e. The highest BCUT2D eigenvalue weighted by Crippen LogP contribution is 2.36. The second-order valence-corrected chi connectivity index (χ2v) is 6.94. The minimum Gasteiger partial charge on any atom is -0.481 e. The summed E-state index contributed by atoms with van der Waals surface area (Å²) in [5.41, 5.74) is 2.38. The van der Waals surface area contributed by atoms with Crippen LogP contribution < -0.4 is 4.74 Å². The molecule has 3 aromatic rings. The third-order valence-corrected chi connectivity index (χ3v) is 5.05. The first-order chi connectivity index (χ1) is 13.2. The van der Waals surface area contributed by atoms with Gasteiger partial charge >= 0.3 is 5.97 Å². The van der Waals surface area contributed by atoms with Gasteiger partial charge in [0, 0.05) is 16.9 Å². The number of hydrogen-bond acceptors (Lipinski definition) is 7. The normalized spacial score (nSPS) is 13.5. The van der Waals surface area contributed by atoms with Crippen molar-refractivity contribution in [2.24, 2.45) is 0 Å². The molecule has 0 aliphatic heterocycles. The summed E-state index contributed by atoms with van der Waals surface area (Å²) in [7, 11) is 0. The van der Waals surface area contributed by atoms with Crippen LogP contribution in [0.4, 0.5) is 0 Å². The second kappa shape index (κ2) is 7.55. The summed E-state index contributed by atoms with van der Waals surface area (Å²) in [5, 5.41) is 25.5. The van der Waals surface area contributed by atoms with E-state index >= 15 is 0 Å². The summed E-state index contributed by atoms with van der Waals surface area (Å²) in [6.07, 6.45) is 3.70. The number of nitrogens with one attached hydrogen (secondary N) is 1. The minimum atomic E-state index is -1.07. The zero-order chi connectivity index (χ0) is 18.6. The van der Waals surface area contributed by atoms with E-state index in [1.165, 1.54) is 19.3 Å². The fourth-order valence-electron chi connectivity index (χ4n) is 2.68. The molecule has 1 fully saturated rings. The third-order valence-electron chi connectivity index (χ3n) is 4.28. The van der Waals surface area contributed by atoms with Crippen LogP contribution in [0.3, 0.4) is 0 Å². The van der Waals surface area contributed by atoms with Crippen molar-refractivity contribution in [1.29, 1.82) is 0 Å². The van der Waals surface area contributed by atoms with Crippen molar-refractivity contribution >= 4 is 17.3 Å². The maximum Gasteiger partial charge on any atom is 0.341 e. The molecule has 2 N–H and O–H groups in total. The topological polar surface area (TPSA) is 114 Å². The predicted octanol–water partition coefficient (Wildman–Crippen LogP) is 2.45. The third kappa shape index (κ3) is 3.96. The molecule has 2 aromatic heterocycles. The zero-order valence-corrected chi connectivity index (χ0v) is 15.0. The molecule has 1 aliphatic rings. The highest BCUT2D eigenvalue weighted by Gasteiger charge is 2.21. The van der Waals surface area contributed by atoms with Gasteiger partial charge in [0.15, 0.2) is 11.6 Å². The predicted molar refractivity (Wildman–Crippen MR) is 97.4 cm³/mol. The van der Waals surface area contributed by atoms with Gasteiger partial charge in [-0.25, -0.2) is 9.78 Å². The van der Waals surface area contributed by atoms with Crippen molar-refractivity contribution < 1.29 is 14.6 Å². The molecule has 27 heavy (non-hydrogen) atoms. The van der Waals surface area contributed by atoms with Crippen molar-refractivity contribution in [3.8, 4) is 29.0 Å². The number of nitrogens with zero attached hydrogens (tertiary/aromatic N) is 4. The monoisotopic (exact) mass is 381 g/mol. The lowest BCUT2D eigenvalue weighted by Crippen LogP contribution is -2.10. The molecule has 136 valence electrons. The Hall–Kier alpha value is -3.25. The maximum atomic E-state index is 10.8. The molecule has 0 radical (unpaired) electrons. The first kappa shape index (κ1) is 17.2. The summed E-state index contributed by atoms with van der Waals surface area (Å²) in [6.45, 7) is -0.459. The Kier molecular flexibility index (Phi) is 4.80. The average molecular weight is 381 g/mol. The van der Waals surface area contributed by atoms with Crippen LogP contribution in [0.15, 0.2) is 23.6 Å². The Morgan fingerprint density at radius 2 is 2.26 bits per heavy atom. The molecule has 9 heteroatoms. The molecule has 4 rings (SSSR count). The second-order valence-electron chi connectivity index (χ2n) is 6.08. The van der Waals surface area contributed by atoms with Crippen molar-refractivity contribution in [2.75, 3.05) is 6.61 Å². The molecule has 2 heterocycles. The highest BCUT2D eigenvalue weighted by molar-refractivity contribution is 7.10. The zero-order valence-electron chi connectivity index (χ0n) is 14.2. The summed E-state index contributed by atoms with van der Waals surface area (Å²) < 4.78 is 5.31. The standard InChI is InChI=1S/C18H15N5O3S/c24-17(25)9-26-15-6-4-11(8-13(15)18-20-22-23-21-18)5-7-16-19-14(10-27-16)12-2-1-3-12/h4,6,8,10,12H,1-3,9H2,(H,24,25)(H,20,21,22,23). The van der Waals surface area contributed by atoms with Gasteiger partial charge < -0.3 is 9.84 Å². The summed E-state index contributed by atoms with van der Waals surface area (Å²) in [5.74, 6) is 6.35. The largest absolute Gasteiger partial charge is 0.481 e. The molecule has 0 unspecified atom stereocenters. The molecule has 0 atom stereocenters. The van der Waals surface area contributed by atoms with Crippen LogP contribution in [0, 0.1) is 11.8 Å². The first-order valence-corrected chi connectivity index (χ1v) is 9.27. The van der Waals surface area contributed by atoms with E-state index in [1.807, 2.05) is 0 Å². The Bertz CT molecular complexity index is 1020. The number of aliphatic carboxylic acids is 1. The van der Waals surface area contributed by atoms with Gasteiger partial charge in [0.05, 0.1) is 11.3 Å². The molecule has 0 bridgehead atoms. The number of aromatic amines is 1. The van der Waals surface area contributed by atoms with Gasteiger partial charge in [-0.05, 0) is 42.2 Å². The van der Waals surface area contributed by atoms with Crippen LogP contribution in [-0.4, -0.2) is 43.3 Å². The van der Waals surface area contributed by atoms with E-state index < -0.39 is 12.6 Å². The number of tetrazole rings is 1. The summed E-state index contributed by atoms with van der Waals surface area (Å²) >= 11 is 1.55. The van der Waals surface area contributed by atoms with Crippen molar-refractivity contribution in [1.82, 2.24) is 25.6 Å². The Balaban J connectivity index is 1.59. The van der Waals surface area contributed by atoms with Gasteiger partial charge in [0.25, 0.3) is 0 Å². The van der Waals surface area contributed by atoms with Crippen LogP contribution in [-0.2, 0) is 4.79 Å². The lowest BCUT2D eigenvalue weighted by molar-refractivity contribution is -0.139. The van der Waals surface area contributed by atoms with Gasteiger partial charge in [-0.2, -0.15) is 5.21 Å². The maximum absolute atomic E-state index is 10.8. The van der Waals surface area contributed by atoms with Gasteiger partial charge in [-0.15, -0.1) is 21.5 Å². The number of hydrogen-bond donors (Lipinski definition) is 2. The van der Waals surface area contributed by atoms with Gasteiger partial charge in [0.1, 0.15) is 5.75 Å². The highest BCUT2D eigenvalue weighted by atomic mass is 32.1. The number of ether oxygens (including phenoxy) is 1. The van der Waals surface area contributed by atoms with Crippen LogP contribution in [0.25, 0.3) is 11.4 Å². The number of thiazole rings is 1. The van der Waals surface area contributed by atoms with Crippen LogP contribution in [0.1, 0.15) is 41.4 Å². The van der Waals surface area contributed by atoms with E-state index in [-0.39, 0.29) is 0 Å². The minimum absolute atomic E-state index is 0.306. The van der Waals surface area contributed by atoms with E-state index in [1.54, 1.807) is 29.5 Å². The number of benzene rings is 1. The number of carbonyl (C=O) groups is 1. The Morgan fingerprint density at radius 1 is 1.37 bits per heavy atom. The Labute approximate surface area is 158 Å². The molecule has 0 saturated heterocycles. The Morgan fingerprint density at radius 3 is 2.96 bits per heavy atom. The first-order valence-electron chi connectivity index (χ1n) is 8.39. The van der Waals surface area contributed by atoms with E-state index in [0.29, 0.717) is 23.1 Å². The average Bonchev–Trinajstić information content (AvgIpc) is 3.29. The molecule has 8 nitrogen and oxygen atoms in total. The van der Waals surface area contributed by atoms with Crippen LogP contribution >= 0.6 is 11.3 Å². The van der Waals surface area contributed by atoms with Crippen molar-refractivity contribution in [3.63, 3.8) is 0 Å². The number of carboxylic acids is 1. The van der Waals surface area contributed by atoms with Gasteiger partial charge in [0.2, 0.25) is 5.82 Å². The summed E-state index contributed by atoms with van der Waals surface area (Å²) in [4.78, 5) is 15.4. The SMILES string of the molecule is O=C(O)COc1ccc(C#Cc2nc(C3CCC3)cs2)cc1-c1nn[nH]n1. The van der Waals surface area contributed by atoms with E-state index in [4.69, 9.17) is 9.84 Å². The number of H-pyrrole nitrogens is 1. The van der Waals surface area contributed by atoms with Gasteiger partial charge in [-0.1, -0.05) is 12.3 Å². The summed E-state index contributed by atoms with van der Waals surface area (Å²) in [6, 6.07) is 5.16. The van der Waals surface area contributed by atoms with E-state index in [0.717, 1.165) is 16.3 Å². The molecule has 1 saturated carbocycles. The number of aromatic nitrogens is 5. The fraction of sp³-hybridized carbons (Fsp3) is 0.278. The molecule has 1 aliphatic carbocycles. The van der Waals surface area contributed by atoms with Crippen LogP contribution in [0.5, 0.6) is 5.75 Å². The molecule has 0 spiro atoms. The fourth-order valence-corrected chi connectivity index (χ4v) is 3.43. The molecule has 1 aromatic carbocycles. The number of rotatable bonds is 5.